The lowest BCUT2D eigenvalue weighted by atomic mass is 10.1. The van der Waals surface area contributed by atoms with Crippen LogP contribution in [0.2, 0.25) is 0 Å². The Bertz CT molecular complexity index is 1600. The molecule has 0 spiro atoms. The summed E-state index contributed by atoms with van der Waals surface area (Å²) in [4.78, 5) is 11.5. The number of allylic oxidation sites excluding steroid dienone is 1. The van der Waals surface area contributed by atoms with Crippen LogP contribution in [0.4, 0.5) is 0 Å². The number of aromatic nitrogens is 7. The van der Waals surface area contributed by atoms with E-state index in [0.29, 0.717) is 6.04 Å². The molecule has 11 heteroatoms. The standard InChI is InChI=1S/C26H28N10S/c1-28-11-20(10-27)19-9-24-23(29-12-19)14-32-36(24)37-26-15-30-25-4-3-18(16-34(25)26)21-13-31-35(17-21)22-5-7-33(2)8-6-22/h3-4,9-17,22,27-28H,5-8H2,1-2H3/b20-11+,27-10?. The summed E-state index contributed by atoms with van der Waals surface area (Å²) >= 11 is 1.48. The van der Waals surface area contributed by atoms with Crippen LogP contribution in [0.5, 0.6) is 0 Å². The van der Waals surface area contributed by atoms with E-state index in [1.165, 1.54) is 18.2 Å². The summed E-state index contributed by atoms with van der Waals surface area (Å²) < 4.78 is 6.06. The Labute approximate surface area is 218 Å². The van der Waals surface area contributed by atoms with Gasteiger partial charge < -0.3 is 15.6 Å². The van der Waals surface area contributed by atoms with Gasteiger partial charge in [-0.25, -0.2) is 4.98 Å². The molecule has 10 nitrogen and oxygen atoms in total. The number of piperidine rings is 1. The third-order valence-corrected chi connectivity index (χ3v) is 7.78. The summed E-state index contributed by atoms with van der Waals surface area (Å²) in [6, 6.07) is 6.59. The van der Waals surface area contributed by atoms with Gasteiger partial charge >= 0.3 is 0 Å². The smallest absolute Gasteiger partial charge is 0.137 e. The van der Waals surface area contributed by atoms with Crippen LogP contribution in [0.25, 0.3) is 33.4 Å². The first kappa shape index (κ1) is 23.4. The van der Waals surface area contributed by atoms with E-state index in [-0.39, 0.29) is 0 Å². The number of hydrogen-bond donors (Lipinski definition) is 2. The van der Waals surface area contributed by atoms with Crippen molar-refractivity contribution >= 4 is 40.4 Å². The molecule has 1 saturated heterocycles. The van der Waals surface area contributed by atoms with Gasteiger partial charge in [-0.05, 0) is 51.2 Å². The average Bonchev–Trinajstić information content (AvgIpc) is 3.67. The molecule has 0 aliphatic carbocycles. The molecule has 0 bridgehead atoms. The van der Waals surface area contributed by atoms with Crippen LogP contribution in [0, 0.1) is 5.41 Å². The molecule has 188 valence electrons. The number of imidazole rings is 1. The van der Waals surface area contributed by atoms with Gasteiger partial charge in [0.15, 0.2) is 0 Å². The molecule has 0 atom stereocenters. The molecule has 6 heterocycles. The topological polar surface area (TPSA) is 105 Å². The predicted octanol–water partition coefficient (Wildman–Crippen LogP) is 3.97. The van der Waals surface area contributed by atoms with Crippen LogP contribution in [-0.2, 0) is 0 Å². The lowest BCUT2D eigenvalue weighted by Gasteiger charge is -2.28. The van der Waals surface area contributed by atoms with Gasteiger partial charge in [-0.2, -0.15) is 14.3 Å². The van der Waals surface area contributed by atoms with Gasteiger partial charge in [-0.15, -0.1) is 0 Å². The van der Waals surface area contributed by atoms with E-state index in [4.69, 9.17) is 10.5 Å². The van der Waals surface area contributed by atoms with Gasteiger partial charge in [-0.3, -0.25) is 14.1 Å². The molecule has 0 amide bonds. The second-order valence-electron chi connectivity index (χ2n) is 9.26. The fourth-order valence-corrected chi connectivity index (χ4v) is 5.56. The fourth-order valence-electron chi connectivity index (χ4n) is 4.71. The Hall–Kier alpha value is -3.96. The highest BCUT2D eigenvalue weighted by Gasteiger charge is 2.19. The number of nitrogens with one attached hydrogen (secondary N) is 2. The summed E-state index contributed by atoms with van der Waals surface area (Å²) in [5, 5.41) is 20.9. The van der Waals surface area contributed by atoms with E-state index in [0.717, 1.165) is 69.9 Å². The fraction of sp³-hybridized carbons (Fsp3) is 0.269. The van der Waals surface area contributed by atoms with Crippen molar-refractivity contribution in [3.8, 4) is 11.1 Å². The van der Waals surface area contributed by atoms with Crippen LogP contribution in [-0.4, -0.2) is 71.6 Å². The zero-order chi connectivity index (χ0) is 25.4. The van der Waals surface area contributed by atoms with Gasteiger partial charge in [-0.1, -0.05) is 0 Å². The average molecular weight is 513 g/mol. The summed E-state index contributed by atoms with van der Waals surface area (Å²) in [7, 11) is 3.99. The minimum atomic E-state index is 0.454. The van der Waals surface area contributed by atoms with Gasteiger partial charge in [0.2, 0.25) is 0 Å². The zero-order valence-corrected chi connectivity index (χ0v) is 21.6. The van der Waals surface area contributed by atoms with Gasteiger partial charge in [0.1, 0.15) is 21.7 Å². The highest BCUT2D eigenvalue weighted by molar-refractivity contribution is 7.97. The predicted molar refractivity (Wildman–Crippen MR) is 147 cm³/mol. The summed E-state index contributed by atoms with van der Waals surface area (Å²) in [5.41, 5.74) is 6.31. The molecule has 6 rings (SSSR count). The van der Waals surface area contributed by atoms with Crippen LogP contribution in [0.15, 0.2) is 66.6 Å². The lowest BCUT2D eigenvalue weighted by Crippen LogP contribution is -2.31. The Balaban J connectivity index is 1.30. The molecule has 2 N–H and O–H groups in total. The van der Waals surface area contributed by atoms with Crippen molar-refractivity contribution in [2.75, 3.05) is 27.2 Å². The molecule has 1 fully saturated rings. The van der Waals surface area contributed by atoms with E-state index in [1.807, 2.05) is 35.7 Å². The van der Waals surface area contributed by atoms with E-state index in [1.54, 1.807) is 18.6 Å². The molecule has 0 aromatic carbocycles. The molecule has 37 heavy (non-hydrogen) atoms. The van der Waals surface area contributed by atoms with Crippen LogP contribution in [0.1, 0.15) is 24.4 Å². The molecule has 1 aliphatic rings. The number of hydrogen-bond acceptors (Lipinski definition) is 8. The minimum Gasteiger partial charge on any atom is -0.393 e. The number of likely N-dealkylation sites (tertiary alicyclic amines) is 1. The van der Waals surface area contributed by atoms with E-state index >= 15 is 0 Å². The molecular formula is C26H28N10S. The summed E-state index contributed by atoms with van der Waals surface area (Å²) in [6.45, 7) is 2.21. The first-order valence-electron chi connectivity index (χ1n) is 12.2. The Kier molecular flexibility index (Phi) is 6.23. The van der Waals surface area contributed by atoms with Crippen molar-refractivity contribution in [3.63, 3.8) is 0 Å². The van der Waals surface area contributed by atoms with E-state index < -0.39 is 0 Å². The van der Waals surface area contributed by atoms with Crippen LogP contribution < -0.4 is 5.32 Å². The van der Waals surface area contributed by atoms with Gasteiger partial charge in [0.05, 0.1) is 24.6 Å². The zero-order valence-electron chi connectivity index (χ0n) is 20.7. The number of rotatable bonds is 7. The molecule has 0 saturated carbocycles. The van der Waals surface area contributed by atoms with Gasteiger partial charge in [0, 0.05) is 72.3 Å². The van der Waals surface area contributed by atoms with Crippen molar-refractivity contribution in [2.45, 2.75) is 23.9 Å². The van der Waals surface area contributed by atoms with Crippen molar-refractivity contribution < 1.29 is 0 Å². The molecule has 5 aromatic rings. The first-order valence-corrected chi connectivity index (χ1v) is 13.0. The second kappa shape index (κ2) is 9.83. The Morgan fingerprint density at radius 1 is 1.05 bits per heavy atom. The highest BCUT2D eigenvalue weighted by Crippen LogP contribution is 2.29. The number of nitrogens with zero attached hydrogens (tertiary/aromatic N) is 8. The largest absolute Gasteiger partial charge is 0.393 e. The summed E-state index contributed by atoms with van der Waals surface area (Å²) in [5.74, 6) is 0. The maximum Gasteiger partial charge on any atom is 0.137 e. The minimum absolute atomic E-state index is 0.454. The van der Waals surface area contributed by atoms with Crippen molar-refractivity contribution in [2.24, 2.45) is 0 Å². The normalized spacial score (nSPS) is 15.6. The second-order valence-corrected chi connectivity index (χ2v) is 10.2. The maximum atomic E-state index is 7.72. The third-order valence-electron chi connectivity index (χ3n) is 6.83. The van der Waals surface area contributed by atoms with Crippen molar-refractivity contribution in [1.82, 2.24) is 43.6 Å². The quantitative estimate of drug-likeness (QED) is 0.318. The van der Waals surface area contributed by atoms with Crippen LogP contribution >= 0.6 is 11.9 Å². The Morgan fingerprint density at radius 2 is 1.92 bits per heavy atom. The van der Waals surface area contributed by atoms with Gasteiger partial charge in [0.25, 0.3) is 0 Å². The van der Waals surface area contributed by atoms with E-state index in [9.17, 15) is 0 Å². The third kappa shape index (κ3) is 4.51. The van der Waals surface area contributed by atoms with E-state index in [2.05, 4.69) is 59.9 Å². The van der Waals surface area contributed by atoms with Crippen molar-refractivity contribution in [1.29, 1.82) is 5.41 Å². The molecular weight excluding hydrogens is 484 g/mol. The van der Waals surface area contributed by atoms with Crippen molar-refractivity contribution in [3.05, 3.63) is 67.1 Å². The first-order chi connectivity index (χ1) is 18.1. The monoisotopic (exact) mass is 512 g/mol. The molecule has 0 radical (unpaired) electrons. The maximum absolute atomic E-state index is 7.72. The number of pyridine rings is 2. The summed E-state index contributed by atoms with van der Waals surface area (Å²) in [6.07, 6.45) is 17.0. The molecule has 0 unspecified atom stereocenters. The number of fused-ring (bicyclic) bond motifs is 2. The molecule has 1 aliphatic heterocycles. The lowest BCUT2D eigenvalue weighted by molar-refractivity contribution is 0.212. The Morgan fingerprint density at radius 3 is 2.73 bits per heavy atom. The van der Waals surface area contributed by atoms with Crippen LogP contribution in [0.3, 0.4) is 0 Å². The molecule has 5 aromatic heterocycles. The SMILES string of the molecule is CN/C=C(\C=N)c1cnc2cnn(Sc3cnc4ccc(-c5cnn(C6CCN(C)CC6)c5)cn34)c2c1. The highest BCUT2D eigenvalue weighted by atomic mass is 32.2.